The van der Waals surface area contributed by atoms with Crippen LogP contribution < -0.4 is 0 Å². The van der Waals surface area contributed by atoms with E-state index in [1.165, 1.54) is 0 Å². The summed E-state index contributed by atoms with van der Waals surface area (Å²) in [5.74, 6) is 0. The lowest BCUT2D eigenvalue weighted by molar-refractivity contribution is -0.00271. The Morgan fingerprint density at radius 2 is 1.11 bits per heavy atom. The summed E-state index contributed by atoms with van der Waals surface area (Å²) < 4.78 is 8.94. The molecular weight excluding hydrogens is 116 g/mol. The Morgan fingerprint density at radius 1 is 0.889 bits per heavy atom. The maximum absolute atomic E-state index is 4.47. The molecule has 0 unspecified atom stereocenters. The summed E-state index contributed by atoms with van der Waals surface area (Å²) >= 11 is 0. The smallest absolute Gasteiger partial charge is 0.145 e. The molecule has 0 saturated heterocycles. The molecule has 0 rings (SSSR count). The van der Waals surface area contributed by atoms with E-state index in [2.05, 4.69) is 9.47 Å². The van der Waals surface area contributed by atoms with Crippen molar-refractivity contribution in [3.8, 4) is 0 Å². The van der Waals surface area contributed by atoms with Gasteiger partial charge in [-0.3, -0.25) is 0 Å². The molecular formula is C7H22O2. The van der Waals surface area contributed by atoms with Crippen molar-refractivity contribution in [2.75, 3.05) is 21.0 Å². The molecule has 2 nitrogen and oxygen atoms in total. The first-order valence-electron chi connectivity index (χ1n) is 2.39. The third-order valence-corrected chi connectivity index (χ3v) is 0.236. The van der Waals surface area contributed by atoms with Crippen LogP contribution in [0.1, 0.15) is 28.7 Å². The molecule has 9 heavy (non-hydrogen) atoms. The van der Waals surface area contributed by atoms with Crippen molar-refractivity contribution < 1.29 is 9.47 Å². The number of methoxy groups -OCH3 is 2. The highest BCUT2D eigenvalue weighted by atomic mass is 16.6. The van der Waals surface area contributed by atoms with Gasteiger partial charge < -0.3 is 9.47 Å². The average Bonchev–Trinajstić information content (AvgIpc) is 1.75. The van der Waals surface area contributed by atoms with E-state index in [0.29, 0.717) is 6.79 Å². The van der Waals surface area contributed by atoms with Crippen LogP contribution in [0.15, 0.2) is 0 Å². The van der Waals surface area contributed by atoms with Crippen molar-refractivity contribution in [3.05, 3.63) is 0 Å². The second-order valence-corrected chi connectivity index (χ2v) is 0.695. The van der Waals surface area contributed by atoms with Crippen molar-refractivity contribution in [3.63, 3.8) is 0 Å². The summed E-state index contributed by atoms with van der Waals surface area (Å²) in [6, 6.07) is 0. The standard InChI is InChI=1S/C3H8O2.C2H6.2CH4/c1-4-3-5-2;1-2;;/h3H2,1-2H3;1-2H3;2*1H4. The van der Waals surface area contributed by atoms with Crippen LogP contribution in [-0.4, -0.2) is 21.0 Å². The quantitative estimate of drug-likeness (QED) is 0.546. The topological polar surface area (TPSA) is 18.5 Å². The monoisotopic (exact) mass is 138 g/mol. The Balaban J connectivity index is -0.0000000286. The van der Waals surface area contributed by atoms with Gasteiger partial charge in [-0.15, -0.1) is 0 Å². The average molecular weight is 138 g/mol. The van der Waals surface area contributed by atoms with Gasteiger partial charge in [0.2, 0.25) is 0 Å². The summed E-state index contributed by atoms with van der Waals surface area (Å²) in [7, 11) is 3.17. The van der Waals surface area contributed by atoms with Crippen molar-refractivity contribution in [2.45, 2.75) is 28.7 Å². The number of hydrogen-bond acceptors (Lipinski definition) is 2. The van der Waals surface area contributed by atoms with Gasteiger partial charge in [0, 0.05) is 14.2 Å². The van der Waals surface area contributed by atoms with Gasteiger partial charge in [-0.1, -0.05) is 28.7 Å². The summed E-state index contributed by atoms with van der Waals surface area (Å²) in [4.78, 5) is 0. The maximum atomic E-state index is 4.47. The Hall–Kier alpha value is -0.0800. The first-order chi connectivity index (χ1) is 3.41. The van der Waals surface area contributed by atoms with Crippen LogP contribution in [-0.2, 0) is 9.47 Å². The molecule has 0 radical (unpaired) electrons. The Labute approximate surface area is 60.2 Å². The molecule has 0 amide bonds. The second kappa shape index (κ2) is 44.5. The molecule has 0 aliphatic heterocycles. The van der Waals surface area contributed by atoms with Gasteiger partial charge in [0.25, 0.3) is 0 Å². The highest BCUT2D eigenvalue weighted by molar-refractivity contribution is 3.84. The lowest BCUT2D eigenvalue weighted by atomic mass is 11.0. The SMILES string of the molecule is C.C.CC.COCOC. The Kier molecular flexibility index (Phi) is 114. The van der Waals surface area contributed by atoms with Crippen LogP contribution in [0.3, 0.4) is 0 Å². The molecule has 0 aromatic carbocycles. The summed E-state index contributed by atoms with van der Waals surface area (Å²) in [5.41, 5.74) is 0. The van der Waals surface area contributed by atoms with Gasteiger partial charge in [-0.05, 0) is 0 Å². The van der Waals surface area contributed by atoms with Crippen molar-refractivity contribution >= 4 is 0 Å². The van der Waals surface area contributed by atoms with Gasteiger partial charge in [0.1, 0.15) is 6.79 Å². The summed E-state index contributed by atoms with van der Waals surface area (Å²) in [6.07, 6.45) is 0. The molecule has 0 aliphatic rings. The second-order valence-electron chi connectivity index (χ2n) is 0.695. The van der Waals surface area contributed by atoms with E-state index in [1.54, 1.807) is 14.2 Å². The molecule has 0 aliphatic carbocycles. The molecule has 62 valence electrons. The molecule has 0 bridgehead atoms. The van der Waals surface area contributed by atoms with Crippen molar-refractivity contribution in [1.82, 2.24) is 0 Å². The lowest BCUT2D eigenvalue weighted by Gasteiger charge is -1.87. The molecule has 0 fully saturated rings. The highest BCUT2D eigenvalue weighted by Crippen LogP contribution is 1.60. The van der Waals surface area contributed by atoms with Crippen LogP contribution in [0.25, 0.3) is 0 Å². The summed E-state index contributed by atoms with van der Waals surface area (Å²) in [5, 5.41) is 0. The zero-order chi connectivity index (χ0) is 6.12. The normalized spacial score (nSPS) is 5.33. The maximum Gasteiger partial charge on any atom is 0.145 e. The fourth-order valence-electron chi connectivity index (χ4n) is 0.118. The zero-order valence-electron chi connectivity index (χ0n) is 5.52. The van der Waals surface area contributed by atoms with Crippen LogP contribution in [0, 0.1) is 0 Å². The molecule has 0 aromatic heterocycles. The first kappa shape index (κ1) is 23.1. The molecule has 0 N–H and O–H groups in total. The van der Waals surface area contributed by atoms with Gasteiger partial charge in [-0.25, -0.2) is 0 Å². The van der Waals surface area contributed by atoms with Crippen molar-refractivity contribution in [2.24, 2.45) is 0 Å². The van der Waals surface area contributed by atoms with Crippen LogP contribution in [0.4, 0.5) is 0 Å². The van der Waals surface area contributed by atoms with E-state index in [-0.39, 0.29) is 14.9 Å². The van der Waals surface area contributed by atoms with Crippen LogP contribution in [0.5, 0.6) is 0 Å². The van der Waals surface area contributed by atoms with Crippen molar-refractivity contribution in [1.29, 1.82) is 0 Å². The van der Waals surface area contributed by atoms with E-state index in [4.69, 9.17) is 0 Å². The van der Waals surface area contributed by atoms with Gasteiger partial charge in [0.05, 0.1) is 0 Å². The number of ether oxygens (including phenoxy) is 2. The predicted octanol–water partition coefficient (Wildman–Crippen LogP) is 2.54. The molecule has 0 spiro atoms. The minimum absolute atomic E-state index is 0. The first-order valence-corrected chi connectivity index (χ1v) is 2.39. The zero-order valence-corrected chi connectivity index (χ0v) is 5.52. The molecule has 0 aromatic rings. The fraction of sp³-hybridized carbons (Fsp3) is 1.00. The van der Waals surface area contributed by atoms with Gasteiger partial charge in [0.15, 0.2) is 0 Å². The minimum atomic E-state index is 0. The van der Waals surface area contributed by atoms with Crippen LogP contribution >= 0.6 is 0 Å². The Bertz CT molecular complexity index is 14.4. The molecule has 0 atom stereocenters. The van der Waals surface area contributed by atoms with E-state index in [9.17, 15) is 0 Å². The summed E-state index contributed by atoms with van der Waals surface area (Å²) in [6.45, 7) is 4.39. The predicted molar refractivity (Wildman–Crippen MR) is 43.7 cm³/mol. The van der Waals surface area contributed by atoms with E-state index in [0.717, 1.165) is 0 Å². The third-order valence-electron chi connectivity index (χ3n) is 0.236. The van der Waals surface area contributed by atoms with Gasteiger partial charge >= 0.3 is 0 Å². The highest BCUT2D eigenvalue weighted by Gasteiger charge is 1.63. The molecule has 0 heterocycles. The van der Waals surface area contributed by atoms with E-state index < -0.39 is 0 Å². The minimum Gasteiger partial charge on any atom is -0.359 e. The molecule has 2 heteroatoms. The Morgan fingerprint density at radius 3 is 1.11 bits per heavy atom. The number of rotatable bonds is 2. The third kappa shape index (κ3) is 75.3. The molecule has 0 saturated carbocycles. The van der Waals surface area contributed by atoms with Gasteiger partial charge in [-0.2, -0.15) is 0 Å². The largest absolute Gasteiger partial charge is 0.359 e. The lowest BCUT2D eigenvalue weighted by Crippen LogP contribution is -1.87. The van der Waals surface area contributed by atoms with E-state index in [1.807, 2.05) is 13.8 Å². The fourth-order valence-corrected chi connectivity index (χ4v) is 0.118. The van der Waals surface area contributed by atoms with Crippen LogP contribution in [0.2, 0.25) is 0 Å². The van der Waals surface area contributed by atoms with E-state index >= 15 is 0 Å². The number of hydrogen-bond donors (Lipinski definition) is 0.